The van der Waals surface area contributed by atoms with E-state index in [4.69, 9.17) is 11.6 Å². The second-order valence-electron chi connectivity index (χ2n) is 8.49. The van der Waals surface area contributed by atoms with E-state index >= 15 is 0 Å². The fourth-order valence-corrected chi connectivity index (χ4v) is 5.20. The average molecular weight is 419 g/mol. The third-order valence-electron chi connectivity index (χ3n) is 6.68. The number of anilines is 1. The summed E-state index contributed by atoms with van der Waals surface area (Å²) >= 11 is 6.17. The van der Waals surface area contributed by atoms with Gasteiger partial charge < -0.3 is 15.1 Å². The van der Waals surface area contributed by atoms with Gasteiger partial charge in [0.25, 0.3) is 0 Å². The molecule has 1 aliphatic carbocycles. The second kappa shape index (κ2) is 8.92. The molecule has 2 amide bonds. The zero-order chi connectivity index (χ0) is 20.4. The van der Waals surface area contributed by atoms with Crippen molar-refractivity contribution < 1.29 is 9.59 Å². The number of benzene rings is 1. The molecule has 158 valence electrons. The third-order valence-corrected chi connectivity index (χ3v) is 6.91. The summed E-state index contributed by atoms with van der Waals surface area (Å²) in [5.74, 6) is 0.113. The Hall–Kier alpha value is -1.79. The number of hydrogen-bond donors (Lipinski definition) is 1. The quantitative estimate of drug-likeness (QED) is 0.815. The van der Waals surface area contributed by atoms with Crippen LogP contribution in [0.25, 0.3) is 0 Å². The van der Waals surface area contributed by atoms with Crippen molar-refractivity contribution in [2.75, 3.05) is 44.2 Å². The van der Waals surface area contributed by atoms with Crippen molar-refractivity contribution in [2.45, 2.75) is 51.1 Å². The number of nitrogens with one attached hydrogen (secondary N) is 1. The number of aryl methyl sites for hydroxylation is 1. The molecule has 1 atom stereocenters. The first-order valence-corrected chi connectivity index (χ1v) is 11.2. The number of carbonyl (C=O) groups excluding carboxylic acids is 2. The lowest BCUT2D eigenvalue weighted by atomic mass is 10.0. The van der Waals surface area contributed by atoms with Gasteiger partial charge in [-0.05, 0) is 37.5 Å². The molecule has 1 aromatic rings. The van der Waals surface area contributed by atoms with Crippen LogP contribution in [0.1, 0.15) is 37.7 Å². The number of piperazine rings is 2. The molecular formula is C22H31ClN4O2. The van der Waals surface area contributed by atoms with Crippen molar-refractivity contribution in [1.29, 1.82) is 0 Å². The Morgan fingerprint density at radius 3 is 2.59 bits per heavy atom. The molecule has 0 unspecified atom stereocenters. The smallest absolute Gasteiger partial charge is 0.237 e. The van der Waals surface area contributed by atoms with Crippen molar-refractivity contribution in [3.05, 3.63) is 28.8 Å². The Labute approximate surface area is 178 Å². The van der Waals surface area contributed by atoms with E-state index in [1.807, 2.05) is 23.1 Å². The van der Waals surface area contributed by atoms with Gasteiger partial charge in [-0.25, -0.2) is 0 Å². The minimum absolute atomic E-state index is 0.0182. The first-order chi connectivity index (χ1) is 14.0. The van der Waals surface area contributed by atoms with Crippen molar-refractivity contribution in [1.82, 2.24) is 15.1 Å². The number of carbonyl (C=O) groups is 2. The summed E-state index contributed by atoms with van der Waals surface area (Å²) in [6, 6.07) is 6.09. The molecule has 0 spiro atoms. The maximum Gasteiger partial charge on any atom is 0.237 e. The lowest BCUT2D eigenvalue weighted by Crippen LogP contribution is -2.59. The molecule has 7 heteroatoms. The normalized spacial score (nSPS) is 24.1. The van der Waals surface area contributed by atoms with Crippen LogP contribution in [0.2, 0.25) is 5.02 Å². The number of rotatable bonds is 4. The van der Waals surface area contributed by atoms with E-state index in [-0.39, 0.29) is 17.9 Å². The molecule has 2 aliphatic heterocycles. The largest absolute Gasteiger partial charge is 0.368 e. The second-order valence-corrected chi connectivity index (χ2v) is 8.92. The molecule has 3 aliphatic rings. The van der Waals surface area contributed by atoms with Crippen LogP contribution >= 0.6 is 11.6 Å². The number of halogens is 1. The number of nitrogens with zero attached hydrogens (tertiary/aromatic N) is 3. The predicted molar refractivity (Wildman–Crippen MR) is 115 cm³/mol. The highest BCUT2D eigenvalue weighted by Gasteiger charge is 2.37. The standard InChI is InChI=1S/C22H31ClN4O2/c1-16-6-7-17(23)14-19(16)25-10-12-26(13-11-25)21(28)15-20-22(29)24-8-9-27(20)18-4-2-3-5-18/h6-7,14,18,20H,2-5,8-13,15H2,1H3,(H,24,29)/t20-/m0/s1. The molecular weight excluding hydrogens is 388 g/mol. The molecule has 2 heterocycles. The minimum Gasteiger partial charge on any atom is -0.368 e. The van der Waals surface area contributed by atoms with Crippen molar-refractivity contribution in [3.63, 3.8) is 0 Å². The van der Waals surface area contributed by atoms with Gasteiger partial charge in [0, 0.05) is 56.0 Å². The molecule has 6 nitrogen and oxygen atoms in total. The Morgan fingerprint density at radius 2 is 1.86 bits per heavy atom. The van der Waals surface area contributed by atoms with Gasteiger partial charge in [-0.15, -0.1) is 0 Å². The van der Waals surface area contributed by atoms with Gasteiger partial charge in [0.2, 0.25) is 11.8 Å². The zero-order valence-electron chi connectivity index (χ0n) is 17.2. The molecule has 4 rings (SSSR count). The van der Waals surface area contributed by atoms with Crippen LogP contribution < -0.4 is 10.2 Å². The molecule has 0 radical (unpaired) electrons. The van der Waals surface area contributed by atoms with Crippen LogP contribution in [-0.2, 0) is 9.59 Å². The van der Waals surface area contributed by atoms with E-state index in [9.17, 15) is 9.59 Å². The summed E-state index contributed by atoms with van der Waals surface area (Å²) in [7, 11) is 0. The zero-order valence-corrected chi connectivity index (χ0v) is 18.0. The summed E-state index contributed by atoms with van der Waals surface area (Å²) in [6.45, 7) is 6.58. The third kappa shape index (κ3) is 4.53. The Kier molecular flexibility index (Phi) is 6.30. The van der Waals surface area contributed by atoms with Crippen molar-refractivity contribution in [2.24, 2.45) is 0 Å². The highest BCUT2D eigenvalue weighted by molar-refractivity contribution is 6.30. The molecule has 29 heavy (non-hydrogen) atoms. The predicted octanol–water partition coefficient (Wildman–Crippen LogP) is 2.43. The highest BCUT2D eigenvalue weighted by atomic mass is 35.5. The van der Waals surface area contributed by atoms with E-state index in [2.05, 4.69) is 22.0 Å². The lowest BCUT2D eigenvalue weighted by Gasteiger charge is -2.41. The molecule has 0 aromatic heterocycles. The van der Waals surface area contributed by atoms with Crippen LogP contribution in [0.4, 0.5) is 5.69 Å². The van der Waals surface area contributed by atoms with Crippen LogP contribution in [0, 0.1) is 6.92 Å². The first-order valence-electron chi connectivity index (χ1n) is 10.9. The van der Waals surface area contributed by atoms with Gasteiger partial charge in [-0.3, -0.25) is 14.5 Å². The van der Waals surface area contributed by atoms with Gasteiger partial charge >= 0.3 is 0 Å². The molecule has 0 bridgehead atoms. The van der Waals surface area contributed by atoms with Crippen LogP contribution in [0.15, 0.2) is 18.2 Å². The fraction of sp³-hybridized carbons (Fsp3) is 0.636. The molecule has 1 aromatic carbocycles. The summed E-state index contributed by atoms with van der Waals surface area (Å²) in [6.07, 6.45) is 5.05. The lowest BCUT2D eigenvalue weighted by molar-refractivity contribution is -0.140. The summed E-state index contributed by atoms with van der Waals surface area (Å²) < 4.78 is 0. The van der Waals surface area contributed by atoms with E-state index < -0.39 is 0 Å². The van der Waals surface area contributed by atoms with Gasteiger partial charge in [-0.1, -0.05) is 30.5 Å². The summed E-state index contributed by atoms with van der Waals surface area (Å²) in [5, 5.41) is 3.70. The Morgan fingerprint density at radius 1 is 1.14 bits per heavy atom. The van der Waals surface area contributed by atoms with Crippen molar-refractivity contribution >= 4 is 29.1 Å². The average Bonchev–Trinajstić information content (AvgIpc) is 3.26. The van der Waals surface area contributed by atoms with E-state index in [1.54, 1.807) is 0 Å². The van der Waals surface area contributed by atoms with Crippen LogP contribution in [0.5, 0.6) is 0 Å². The molecule has 3 fully saturated rings. The van der Waals surface area contributed by atoms with Gasteiger partial charge in [0.1, 0.15) is 0 Å². The van der Waals surface area contributed by atoms with Gasteiger partial charge in [0.05, 0.1) is 12.5 Å². The Balaban J connectivity index is 1.36. The topological polar surface area (TPSA) is 55.9 Å². The SMILES string of the molecule is Cc1ccc(Cl)cc1N1CCN(C(=O)C[C@H]2C(=O)NCCN2C2CCCC2)CC1. The maximum absolute atomic E-state index is 13.0. The Bertz CT molecular complexity index is 757. The summed E-state index contributed by atoms with van der Waals surface area (Å²) in [5.41, 5.74) is 2.34. The van der Waals surface area contributed by atoms with Gasteiger partial charge in [-0.2, -0.15) is 0 Å². The van der Waals surface area contributed by atoms with Crippen LogP contribution in [-0.4, -0.2) is 73.0 Å². The molecule has 2 saturated heterocycles. The maximum atomic E-state index is 13.0. The van der Waals surface area contributed by atoms with E-state index in [0.29, 0.717) is 32.1 Å². The molecule has 1 saturated carbocycles. The number of hydrogen-bond acceptors (Lipinski definition) is 4. The van der Waals surface area contributed by atoms with Crippen LogP contribution in [0.3, 0.4) is 0 Å². The van der Waals surface area contributed by atoms with E-state index in [0.717, 1.165) is 43.2 Å². The van der Waals surface area contributed by atoms with E-state index in [1.165, 1.54) is 18.4 Å². The highest BCUT2D eigenvalue weighted by Crippen LogP contribution is 2.28. The first kappa shape index (κ1) is 20.5. The summed E-state index contributed by atoms with van der Waals surface area (Å²) in [4.78, 5) is 32.1. The fourth-order valence-electron chi connectivity index (χ4n) is 5.03. The van der Waals surface area contributed by atoms with Crippen molar-refractivity contribution in [3.8, 4) is 0 Å². The molecule has 1 N–H and O–H groups in total. The van der Waals surface area contributed by atoms with Gasteiger partial charge in [0.15, 0.2) is 0 Å². The number of amides is 2. The minimum atomic E-state index is -0.312. The monoisotopic (exact) mass is 418 g/mol.